The lowest BCUT2D eigenvalue weighted by Gasteiger charge is -2.35. The van der Waals surface area contributed by atoms with E-state index in [1.165, 1.54) is 0 Å². The highest BCUT2D eigenvalue weighted by Gasteiger charge is 2.53. The van der Waals surface area contributed by atoms with Gasteiger partial charge in [0.2, 0.25) is 5.91 Å². The maximum atomic E-state index is 13.5. The van der Waals surface area contributed by atoms with E-state index in [0.29, 0.717) is 39.4 Å². The minimum absolute atomic E-state index is 0.0980. The quantitative estimate of drug-likeness (QED) is 0.439. The van der Waals surface area contributed by atoms with Gasteiger partial charge in [-0.1, -0.05) is 43.9 Å². The zero-order valence-electron chi connectivity index (χ0n) is 16.5. The summed E-state index contributed by atoms with van der Waals surface area (Å²) >= 11 is 0. The zero-order chi connectivity index (χ0) is 19.1. The smallest absolute Gasteiger partial charge is 0.243 e. The van der Waals surface area contributed by atoms with Crippen molar-refractivity contribution in [2.75, 3.05) is 31.5 Å². The van der Waals surface area contributed by atoms with E-state index in [0.717, 1.165) is 17.3 Å². The summed E-state index contributed by atoms with van der Waals surface area (Å²) in [5.74, 6) is -0.539. The number of hydrogen-bond donors (Lipinski definition) is 0. The van der Waals surface area contributed by atoms with E-state index < -0.39 is 19.3 Å². The third-order valence-electron chi connectivity index (χ3n) is 5.78. The first kappa shape index (κ1) is 18.9. The first-order valence-corrected chi connectivity index (χ1v) is 13.5. The summed E-state index contributed by atoms with van der Waals surface area (Å²) in [4.78, 5) is 15.3. The topological polar surface area (TPSA) is 48.0 Å². The van der Waals surface area contributed by atoms with Crippen LogP contribution in [0.25, 0.3) is 0 Å². The van der Waals surface area contributed by atoms with Crippen molar-refractivity contribution in [2.24, 2.45) is 0 Å². The third-order valence-corrected chi connectivity index (χ3v) is 7.49. The van der Waals surface area contributed by atoms with Gasteiger partial charge in [-0.2, -0.15) is 0 Å². The van der Waals surface area contributed by atoms with Gasteiger partial charge in [-0.3, -0.25) is 9.69 Å². The van der Waals surface area contributed by atoms with Crippen LogP contribution in [0.1, 0.15) is 18.4 Å². The van der Waals surface area contributed by atoms with E-state index in [4.69, 9.17) is 14.2 Å². The van der Waals surface area contributed by atoms with Gasteiger partial charge in [0.15, 0.2) is 5.79 Å². The van der Waals surface area contributed by atoms with Crippen molar-refractivity contribution >= 4 is 19.7 Å². The summed E-state index contributed by atoms with van der Waals surface area (Å²) in [6, 6.07) is 9.17. The molecule has 6 heteroatoms. The van der Waals surface area contributed by atoms with Gasteiger partial charge in [-0.15, -0.1) is 0 Å². The van der Waals surface area contributed by atoms with E-state index >= 15 is 0 Å². The Bertz CT molecular complexity index is 751. The van der Waals surface area contributed by atoms with Crippen LogP contribution < -0.4 is 4.90 Å². The van der Waals surface area contributed by atoms with Crippen molar-refractivity contribution in [3.63, 3.8) is 0 Å². The van der Waals surface area contributed by atoms with Crippen molar-refractivity contribution < 1.29 is 19.0 Å². The number of ether oxygens (including phenoxy) is 3. The predicted octanol–water partition coefficient (Wildman–Crippen LogP) is 3.68. The molecule has 2 spiro atoms. The van der Waals surface area contributed by atoms with Gasteiger partial charge < -0.3 is 14.2 Å². The molecule has 5 nitrogen and oxygen atoms in total. The maximum absolute atomic E-state index is 13.5. The number of benzene rings is 1. The summed E-state index contributed by atoms with van der Waals surface area (Å²) in [5, 5.41) is 0. The van der Waals surface area contributed by atoms with E-state index in [1.807, 2.05) is 30.4 Å². The van der Waals surface area contributed by atoms with Crippen LogP contribution >= 0.6 is 0 Å². The fraction of sp³-hybridized carbons (Fsp3) is 0.571. The van der Waals surface area contributed by atoms with Gasteiger partial charge in [-0.25, -0.2) is 0 Å². The van der Waals surface area contributed by atoms with E-state index in [1.54, 1.807) is 4.90 Å². The lowest BCUT2D eigenvalue weighted by Crippen LogP contribution is -2.45. The van der Waals surface area contributed by atoms with Crippen molar-refractivity contribution in [3.8, 4) is 0 Å². The fourth-order valence-corrected chi connectivity index (χ4v) is 4.89. The summed E-state index contributed by atoms with van der Waals surface area (Å²) in [7, 11) is -1.15. The molecule has 2 aliphatic heterocycles. The highest BCUT2D eigenvalue weighted by Crippen LogP contribution is 2.50. The van der Waals surface area contributed by atoms with Crippen LogP contribution in [0.3, 0.4) is 0 Å². The largest absolute Gasteiger partial charge is 0.361 e. The number of carbonyl (C=O) groups excluding carboxylic acids is 1. The normalized spacial score (nSPS) is 26.3. The Hall–Kier alpha value is -1.47. The SMILES string of the molecule is C[Si](C)(C)CCOCN1C(=O)[C@@]2(C=CC3(CC2)OCCO3)c2ccccc21. The van der Waals surface area contributed by atoms with Crippen molar-refractivity contribution in [1.29, 1.82) is 0 Å². The Kier molecular flexibility index (Phi) is 4.79. The van der Waals surface area contributed by atoms with E-state index in [2.05, 4.69) is 25.7 Å². The monoisotopic (exact) mass is 387 g/mol. The number of fused-ring (bicyclic) bond motifs is 2. The molecule has 1 fully saturated rings. The van der Waals surface area contributed by atoms with Crippen molar-refractivity contribution in [2.45, 2.75) is 49.7 Å². The van der Waals surface area contributed by atoms with E-state index in [9.17, 15) is 4.79 Å². The summed E-state index contributed by atoms with van der Waals surface area (Å²) < 4.78 is 17.5. The number of para-hydroxylation sites is 1. The summed E-state index contributed by atoms with van der Waals surface area (Å²) in [6.45, 7) is 9.23. The van der Waals surface area contributed by atoms with Crippen LogP contribution in [-0.2, 0) is 24.4 Å². The number of rotatable bonds is 5. The second-order valence-corrected chi connectivity index (χ2v) is 14.5. The first-order valence-electron chi connectivity index (χ1n) is 9.83. The molecular weight excluding hydrogens is 358 g/mol. The number of amides is 1. The molecule has 3 aliphatic rings. The fourth-order valence-electron chi connectivity index (χ4n) is 4.14. The molecule has 0 N–H and O–H groups in total. The molecule has 1 aliphatic carbocycles. The van der Waals surface area contributed by atoms with Crippen LogP contribution in [0, 0.1) is 0 Å². The Balaban J connectivity index is 1.55. The van der Waals surface area contributed by atoms with Crippen molar-refractivity contribution in [1.82, 2.24) is 0 Å². The highest BCUT2D eigenvalue weighted by molar-refractivity contribution is 6.76. The third kappa shape index (κ3) is 3.40. The van der Waals surface area contributed by atoms with Crippen LogP contribution in [-0.4, -0.2) is 46.3 Å². The molecule has 27 heavy (non-hydrogen) atoms. The maximum Gasteiger partial charge on any atom is 0.243 e. The Morgan fingerprint density at radius 2 is 1.85 bits per heavy atom. The Morgan fingerprint density at radius 1 is 1.11 bits per heavy atom. The van der Waals surface area contributed by atoms with Crippen LogP contribution in [0.4, 0.5) is 5.69 Å². The summed E-state index contributed by atoms with van der Waals surface area (Å²) in [5.41, 5.74) is 1.40. The standard InChI is InChI=1S/C21H29NO4Si/c1-27(2,3)15-14-24-16-22-18-7-5-4-6-17(18)20(19(22)23)8-10-21(11-9-20)25-12-13-26-21/h4-8,10H,9,11-16H2,1-3H3/t20-/m1/s1. The van der Waals surface area contributed by atoms with Crippen LogP contribution in [0.15, 0.2) is 36.4 Å². The molecule has 0 unspecified atom stereocenters. The van der Waals surface area contributed by atoms with Gasteiger partial charge in [0.25, 0.3) is 0 Å². The van der Waals surface area contributed by atoms with Gasteiger partial charge in [0.1, 0.15) is 6.73 Å². The second-order valence-electron chi connectivity index (χ2n) is 8.91. The molecule has 1 atom stereocenters. The molecule has 2 heterocycles. The van der Waals surface area contributed by atoms with Gasteiger partial charge in [0.05, 0.1) is 24.3 Å². The average Bonchev–Trinajstić information content (AvgIpc) is 3.18. The minimum atomic E-state index is -1.15. The molecular formula is C21H29NO4Si. The molecule has 0 aromatic heterocycles. The van der Waals surface area contributed by atoms with Crippen molar-refractivity contribution in [3.05, 3.63) is 42.0 Å². The van der Waals surface area contributed by atoms with E-state index in [-0.39, 0.29) is 5.91 Å². The second kappa shape index (κ2) is 6.85. The Morgan fingerprint density at radius 3 is 2.52 bits per heavy atom. The molecule has 146 valence electrons. The molecule has 0 saturated carbocycles. The number of hydrogen-bond acceptors (Lipinski definition) is 4. The molecule has 1 aromatic carbocycles. The number of carbonyl (C=O) groups is 1. The molecule has 1 amide bonds. The van der Waals surface area contributed by atoms with Gasteiger partial charge in [-0.05, 0) is 30.2 Å². The summed E-state index contributed by atoms with van der Waals surface area (Å²) in [6.07, 6.45) is 5.33. The molecule has 1 aromatic rings. The Labute approximate surface area is 162 Å². The average molecular weight is 388 g/mol. The van der Waals surface area contributed by atoms with Gasteiger partial charge in [0, 0.05) is 21.1 Å². The molecule has 0 bridgehead atoms. The zero-order valence-corrected chi connectivity index (χ0v) is 17.5. The predicted molar refractivity (Wildman–Crippen MR) is 108 cm³/mol. The number of nitrogens with zero attached hydrogens (tertiary/aromatic N) is 1. The molecule has 4 rings (SSSR count). The first-order chi connectivity index (χ1) is 12.9. The lowest BCUT2D eigenvalue weighted by molar-refractivity contribution is -0.135. The van der Waals surface area contributed by atoms with Gasteiger partial charge >= 0.3 is 0 Å². The van der Waals surface area contributed by atoms with Crippen LogP contribution in [0.2, 0.25) is 25.7 Å². The van der Waals surface area contributed by atoms with Crippen LogP contribution in [0.5, 0.6) is 0 Å². The highest BCUT2D eigenvalue weighted by atomic mass is 28.3. The lowest BCUT2D eigenvalue weighted by atomic mass is 9.73. The number of anilines is 1. The molecule has 1 saturated heterocycles. The molecule has 0 radical (unpaired) electrons. The minimum Gasteiger partial charge on any atom is -0.361 e.